The molecule has 0 aliphatic carbocycles. The third kappa shape index (κ3) is 4.60. The minimum absolute atomic E-state index is 0.0877. The van der Waals surface area contributed by atoms with Gasteiger partial charge in [-0.2, -0.15) is 0 Å². The van der Waals surface area contributed by atoms with Gasteiger partial charge in [-0.05, 0) is 0 Å². The molecule has 0 atom stereocenters. The van der Waals surface area contributed by atoms with E-state index in [0.29, 0.717) is 15.6 Å². The highest BCUT2D eigenvalue weighted by molar-refractivity contribution is 7.17. The van der Waals surface area contributed by atoms with Gasteiger partial charge in [0.05, 0.1) is 12.2 Å². The summed E-state index contributed by atoms with van der Waals surface area (Å²) >= 11 is 1.24. The minimum Gasteiger partial charge on any atom is -0.451 e. The summed E-state index contributed by atoms with van der Waals surface area (Å²) in [7, 11) is 0. The largest absolute Gasteiger partial charge is 0.451 e. The number of nitrogens with zero attached hydrogens (tertiary/aromatic N) is 1. The van der Waals surface area contributed by atoms with E-state index in [1.165, 1.54) is 11.3 Å². The first-order valence-corrected chi connectivity index (χ1v) is 8.99. The summed E-state index contributed by atoms with van der Waals surface area (Å²) in [6, 6.07) is 19.0. The molecule has 1 aromatic heterocycles. The highest BCUT2D eigenvalue weighted by Crippen LogP contribution is 2.34. The molecule has 0 aliphatic heterocycles. The minimum atomic E-state index is -0.593. The van der Waals surface area contributed by atoms with Crippen molar-refractivity contribution in [1.29, 1.82) is 0 Å². The van der Waals surface area contributed by atoms with Gasteiger partial charge in [0, 0.05) is 11.1 Å². The molecule has 2 aromatic carbocycles. The normalized spacial score (nSPS) is 10.0. The van der Waals surface area contributed by atoms with Crippen LogP contribution in [0.2, 0.25) is 0 Å². The van der Waals surface area contributed by atoms with Gasteiger partial charge in [0.25, 0.3) is 5.91 Å². The number of rotatable bonds is 6. The second-order valence-electron chi connectivity index (χ2n) is 5.49. The number of amides is 1. The Labute approximate surface area is 161 Å². The SMILES string of the molecule is C#CCNC(=O)COC(=O)c1sc(-c2ccccc2)nc1-c1ccccc1. The van der Waals surface area contributed by atoms with Crippen LogP contribution in [0.25, 0.3) is 21.8 Å². The Kier molecular flexibility index (Phi) is 5.98. The van der Waals surface area contributed by atoms with Crippen LogP contribution in [0, 0.1) is 12.3 Å². The first-order chi connectivity index (χ1) is 13.2. The van der Waals surface area contributed by atoms with Crippen molar-refractivity contribution in [2.75, 3.05) is 13.2 Å². The molecule has 1 amide bonds. The number of carbonyl (C=O) groups excluding carboxylic acids is 2. The number of nitrogens with one attached hydrogen (secondary N) is 1. The highest BCUT2D eigenvalue weighted by Gasteiger charge is 2.22. The molecule has 27 heavy (non-hydrogen) atoms. The van der Waals surface area contributed by atoms with E-state index in [1.807, 2.05) is 60.7 Å². The zero-order valence-electron chi connectivity index (χ0n) is 14.3. The molecule has 0 radical (unpaired) electrons. The fraction of sp³-hybridized carbons (Fsp3) is 0.0952. The molecule has 0 aliphatic rings. The van der Waals surface area contributed by atoms with Gasteiger partial charge < -0.3 is 10.1 Å². The van der Waals surface area contributed by atoms with Crippen molar-refractivity contribution in [1.82, 2.24) is 10.3 Å². The van der Waals surface area contributed by atoms with E-state index in [-0.39, 0.29) is 6.54 Å². The summed E-state index contributed by atoms with van der Waals surface area (Å²) in [5, 5.41) is 3.16. The molecule has 5 nitrogen and oxygen atoms in total. The summed E-state index contributed by atoms with van der Waals surface area (Å²) in [5.41, 5.74) is 2.25. The van der Waals surface area contributed by atoms with Crippen molar-refractivity contribution < 1.29 is 14.3 Å². The number of benzene rings is 2. The smallest absolute Gasteiger partial charge is 0.351 e. The number of thiazole rings is 1. The second kappa shape index (κ2) is 8.79. The summed E-state index contributed by atoms with van der Waals surface area (Å²) in [4.78, 5) is 29.2. The standard InChI is InChI=1S/C21H16N2O3S/c1-2-13-22-17(24)14-26-21(25)19-18(15-9-5-3-6-10-15)23-20(27-19)16-11-7-4-8-12-16/h1,3-12H,13-14H2,(H,22,24). The first kappa shape index (κ1) is 18.4. The predicted molar refractivity (Wildman–Crippen MR) is 105 cm³/mol. The predicted octanol–water partition coefficient (Wildman–Crippen LogP) is 3.38. The first-order valence-electron chi connectivity index (χ1n) is 8.18. The number of terminal acetylenes is 1. The van der Waals surface area contributed by atoms with Crippen molar-refractivity contribution in [3.05, 3.63) is 65.5 Å². The molecule has 1 heterocycles. The Balaban J connectivity index is 1.89. The lowest BCUT2D eigenvalue weighted by Gasteiger charge is -2.05. The zero-order valence-corrected chi connectivity index (χ0v) is 15.2. The Bertz CT molecular complexity index is 976. The quantitative estimate of drug-likeness (QED) is 0.529. The number of esters is 1. The molecule has 1 N–H and O–H groups in total. The highest BCUT2D eigenvalue weighted by atomic mass is 32.1. The van der Waals surface area contributed by atoms with E-state index >= 15 is 0 Å². The Morgan fingerprint density at radius 1 is 1.04 bits per heavy atom. The fourth-order valence-corrected chi connectivity index (χ4v) is 3.34. The van der Waals surface area contributed by atoms with Crippen molar-refractivity contribution in [3.63, 3.8) is 0 Å². The lowest BCUT2D eigenvalue weighted by molar-refractivity contribution is -0.123. The molecule has 0 bridgehead atoms. The van der Waals surface area contributed by atoms with Crippen LogP contribution in [0.4, 0.5) is 0 Å². The van der Waals surface area contributed by atoms with E-state index in [4.69, 9.17) is 11.2 Å². The van der Waals surface area contributed by atoms with Crippen LogP contribution in [-0.2, 0) is 9.53 Å². The molecule has 0 saturated heterocycles. The summed E-state index contributed by atoms with van der Waals surface area (Å²) in [5.74, 6) is 1.25. The van der Waals surface area contributed by atoms with Gasteiger partial charge >= 0.3 is 5.97 Å². The number of aromatic nitrogens is 1. The topological polar surface area (TPSA) is 68.3 Å². The van der Waals surface area contributed by atoms with Crippen molar-refractivity contribution >= 4 is 23.2 Å². The van der Waals surface area contributed by atoms with Gasteiger partial charge in [0.1, 0.15) is 9.88 Å². The van der Waals surface area contributed by atoms with Crippen LogP contribution in [0.1, 0.15) is 9.67 Å². The van der Waals surface area contributed by atoms with Gasteiger partial charge in [-0.25, -0.2) is 9.78 Å². The lowest BCUT2D eigenvalue weighted by atomic mass is 10.1. The molecular formula is C21H16N2O3S. The average Bonchev–Trinajstić information content (AvgIpc) is 3.17. The molecule has 3 aromatic rings. The van der Waals surface area contributed by atoms with Crippen LogP contribution < -0.4 is 5.32 Å². The van der Waals surface area contributed by atoms with Crippen LogP contribution in [0.15, 0.2) is 60.7 Å². The fourth-order valence-electron chi connectivity index (χ4n) is 2.35. The van der Waals surface area contributed by atoms with Gasteiger partial charge in [-0.3, -0.25) is 4.79 Å². The molecule has 0 saturated carbocycles. The van der Waals surface area contributed by atoms with E-state index in [0.717, 1.165) is 11.1 Å². The summed E-state index contributed by atoms with van der Waals surface area (Å²) in [6.07, 6.45) is 5.09. The third-order valence-corrected chi connectivity index (χ3v) is 4.69. The van der Waals surface area contributed by atoms with Crippen LogP contribution in [0.5, 0.6) is 0 Å². The van der Waals surface area contributed by atoms with Crippen LogP contribution in [0.3, 0.4) is 0 Å². The average molecular weight is 376 g/mol. The number of carbonyl (C=O) groups is 2. The molecule has 3 rings (SSSR count). The van der Waals surface area contributed by atoms with Crippen molar-refractivity contribution in [2.45, 2.75) is 0 Å². The second-order valence-corrected chi connectivity index (χ2v) is 6.48. The number of hydrogen-bond donors (Lipinski definition) is 1. The molecule has 6 heteroatoms. The van der Waals surface area contributed by atoms with Gasteiger partial charge in [-0.1, -0.05) is 66.6 Å². The van der Waals surface area contributed by atoms with E-state index in [1.54, 1.807) is 0 Å². The maximum atomic E-state index is 12.6. The molecule has 0 unspecified atom stereocenters. The number of ether oxygens (including phenoxy) is 1. The van der Waals surface area contributed by atoms with Crippen LogP contribution >= 0.6 is 11.3 Å². The summed E-state index contributed by atoms with van der Waals surface area (Å²) < 4.78 is 5.15. The zero-order chi connectivity index (χ0) is 19.1. The van der Waals surface area contributed by atoms with Crippen molar-refractivity contribution in [2.24, 2.45) is 0 Å². The van der Waals surface area contributed by atoms with Gasteiger partial charge in [0.15, 0.2) is 6.61 Å². The third-order valence-electron chi connectivity index (χ3n) is 3.60. The van der Waals surface area contributed by atoms with Crippen LogP contribution in [-0.4, -0.2) is 30.0 Å². The molecular weight excluding hydrogens is 360 g/mol. The maximum Gasteiger partial charge on any atom is 0.351 e. The van der Waals surface area contributed by atoms with E-state index < -0.39 is 18.5 Å². The Morgan fingerprint density at radius 2 is 1.67 bits per heavy atom. The number of hydrogen-bond acceptors (Lipinski definition) is 5. The Morgan fingerprint density at radius 3 is 2.30 bits per heavy atom. The van der Waals surface area contributed by atoms with E-state index in [2.05, 4.69) is 16.2 Å². The molecule has 134 valence electrons. The van der Waals surface area contributed by atoms with Gasteiger partial charge in [0.2, 0.25) is 0 Å². The van der Waals surface area contributed by atoms with E-state index in [9.17, 15) is 9.59 Å². The lowest BCUT2D eigenvalue weighted by Crippen LogP contribution is -2.28. The van der Waals surface area contributed by atoms with Gasteiger partial charge in [-0.15, -0.1) is 17.8 Å². The molecule has 0 spiro atoms. The Hall–Kier alpha value is -3.43. The van der Waals surface area contributed by atoms with Crippen molar-refractivity contribution in [3.8, 4) is 34.2 Å². The molecule has 0 fully saturated rings. The summed E-state index contributed by atoms with van der Waals surface area (Å²) in [6.45, 7) is -0.308. The monoisotopic (exact) mass is 376 g/mol. The maximum absolute atomic E-state index is 12.6.